The number of anilines is 3. The van der Waals surface area contributed by atoms with Crippen LogP contribution >= 0.6 is 11.3 Å². The lowest BCUT2D eigenvalue weighted by atomic mass is 9.36. The molecule has 3 nitrogen and oxygen atoms in total. The molecule has 65 heavy (non-hydrogen) atoms. The first-order valence-electron chi connectivity index (χ1n) is 23.6. The monoisotopic (exact) mass is 863 g/mol. The molecule has 0 aliphatic carbocycles. The smallest absolute Gasteiger partial charge is 0.264 e. The molecule has 7 aromatic carbocycles. The Balaban J connectivity index is 1.28. The van der Waals surface area contributed by atoms with Crippen LogP contribution in [0.3, 0.4) is 0 Å². The molecule has 0 fully saturated rings. The number of para-hydroxylation sites is 1. The highest BCUT2D eigenvalue weighted by molar-refractivity contribution is 7.33. The van der Waals surface area contributed by atoms with Crippen LogP contribution in [-0.2, 0) is 21.7 Å². The normalized spacial score (nSPS) is 14.1. The van der Waals surface area contributed by atoms with Crippen LogP contribution in [0.5, 0.6) is 0 Å². The number of hydrogen-bond donors (Lipinski definition) is 0. The van der Waals surface area contributed by atoms with Crippen molar-refractivity contribution < 1.29 is 0 Å². The minimum atomic E-state index is -0.0829. The van der Waals surface area contributed by atoms with Crippen molar-refractivity contribution in [2.45, 2.75) is 105 Å². The van der Waals surface area contributed by atoms with Gasteiger partial charge in [0, 0.05) is 64.7 Å². The van der Waals surface area contributed by atoms with Gasteiger partial charge in [0.15, 0.2) is 0 Å². The standard InChI is InChI=1S/C60H58BN3S/c1-57(2,3)35-24-27-39(28-25-35)63-47-22-17-23-48-52(47)61(56-55(63)42-32-36(58(4,5)6)26-31-49(42)65-56)44-34-37(59(7,8)9)33-41-40-29-30-46-51(54(40)64(48)53(41)44)50-43(60(10,11)12)20-16-21-45(50)62(46)38-18-14-13-15-19-38/h13-34H,1-12H3. The quantitative estimate of drug-likeness (QED) is 0.158. The van der Waals surface area contributed by atoms with E-state index in [1.807, 2.05) is 11.3 Å². The predicted molar refractivity (Wildman–Crippen MR) is 285 cm³/mol. The fourth-order valence-electron chi connectivity index (χ4n) is 11.3. The fourth-order valence-corrected chi connectivity index (χ4v) is 12.6. The molecule has 0 saturated carbocycles. The Morgan fingerprint density at radius 2 is 1.09 bits per heavy atom. The highest BCUT2D eigenvalue weighted by atomic mass is 32.1. The molecule has 0 saturated heterocycles. The first-order valence-corrected chi connectivity index (χ1v) is 24.4. The second-order valence-electron chi connectivity index (χ2n) is 23.1. The van der Waals surface area contributed by atoms with E-state index in [4.69, 9.17) is 0 Å². The van der Waals surface area contributed by atoms with Crippen LogP contribution in [0.25, 0.3) is 65.1 Å². The molecule has 0 unspecified atom stereocenters. The summed E-state index contributed by atoms with van der Waals surface area (Å²) in [6, 6.07) is 51.8. The van der Waals surface area contributed by atoms with Gasteiger partial charge in [-0.25, -0.2) is 0 Å². The summed E-state index contributed by atoms with van der Waals surface area (Å²) in [5, 5.41) is 6.66. The lowest BCUT2D eigenvalue weighted by Crippen LogP contribution is -2.59. The molecular weight excluding hydrogens is 806 g/mol. The number of hydrogen-bond acceptors (Lipinski definition) is 2. The van der Waals surface area contributed by atoms with Crippen LogP contribution in [0.1, 0.15) is 105 Å². The largest absolute Gasteiger partial charge is 0.310 e. The van der Waals surface area contributed by atoms with Gasteiger partial charge in [0.2, 0.25) is 0 Å². The Bertz CT molecular complexity index is 3630. The number of benzene rings is 7. The molecule has 0 radical (unpaired) electrons. The van der Waals surface area contributed by atoms with Crippen molar-refractivity contribution in [1.82, 2.24) is 9.13 Å². The third-order valence-corrected chi connectivity index (χ3v) is 15.9. The van der Waals surface area contributed by atoms with E-state index in [9.17, 15) is 0 Å². The third-order valence-electron chi connectivity index (χ3n) is 14.7. The van der Waals surface area contributed by atoms with Crippen LogP contribution in [0, 0.1) is 0 Å². The lowest BCUT2D eigenvalue weighted by Gasteiger charge is -2.39. The zero-order valence-corrected chi connectivity index (χ0v) is 40.8. The maximum absolute atomic E-state index is 2.70. The van der Waals surface area contributed by atoms with Gasteiger partial charge in [-0.05, 0) is 122 Å². The molecule has 5 heteroatoms. The van der Waals surface area contributed by atoms with E-state index in [-0.39, 0.29) is 28.4 Å². The Labute approximate surface area is 388 Å². The molecule has 0 bridgehead atoms. The van der Waals surface area contributed by atoms with Crippen molar-refractivity contribution in [2.24, 2.45) is 0 Å². The van der Waals surface area contributed by atoms with Crippen LogP contribution in [0.15, 0.2) is 133 Å². The third kappa shape index (κ3) is 5.73. The Kier molecular flexibility index (Phi) is 8.28. The van der Waals surface area contributed by atoms with Gasteiger partial charge in [0.05, 0.1) is 22.2 Å². The molecule has 0 atom stereocenters. The molecule has 3 aromatic heterocycles. The van der Waals surface area contributed by atoms with E-state index >= 15 is 0 Å². The van der Waals surface area contributed by atoms with Crippen LogP contribution in [0.4, 0.5) is 17.1 Å². The van der Waals surface area contributed by atoms with Gasteiger partial charge in [-0.1, -0.05) is 150 Å². The van der Waals surface area contributed by atoms with E-state index < -0.39 is 0 Å². The van der Waals surface area contributed by atoms with Crippen LogP contribution in [-0.4, -0.2) is 15.8 Å². The second-order valence-corrected chi connectivity index (χ2v) is 24.2. The first kappa shape index (κ1) is 40.5. The molecule has 2 aliphatic rings. The topological polar surface area (TPSA) is 13.1 Å². The van der Waals surface area contributed by atoms with Crippen LogP contribution < -0.4 is 20.6 Å². The number of fused-ring (bicyclic) bond motifs is 13. The maximum Gasteiger partial charge on any atom is 0.264 e. The molecular formula is C60H58BN3S. The van der Waals surface area contributed by atoms with Gasteiger partial charge in [-0.3, -0.25) is 0 Å². The predicted octanol–water partition coefficient (Wildman–Crippen LogP) is 14.9. The van der Waals surface area contributed by atoms with Crippen molar-refractivity contribution in [3.05, 3.63) is 156 Å². The zero-order chi connectivity index (χ0) is 45.3. The zero-order valence-electron chi connectivity index (χ0n) is 40.0. The SMILES string of the molecule is CC(C)(C)c1ccc(N2c3cccc4c3B(c3sc5ccc(C(C)(C)C)cc5c32)c2cc(C(C)(C)C)cc3c5ccc6c(c7c(C(C)(C)C)cccc7n6-c6ccccc6)c5n-4c23)cc1. The summed E-state index contributed by atoms with van der Waals surface area (Å²) in [5.41, 5.74) is 19.5. The summed E-state index contributed by atoms with van der Waals surface area (Å²) < 4.78 is 7.98. The Morgan fingerprint density at radius 3 is 1.78 bits per heavy atom. The molecule has 0 amide bonds. The van der Waals surface area contributed by atoms with Crippen molar-refractivity contribution in [3.8, 4) is 11.4 Å². The molecule has 2 aliphatic heterocycles. The number of rotatable bonds is 2. The van der Waals surface area contributed by atoms with Crippen molar-refractivity contribution >= 4 is 105 Å². The van der Waals surface area contributed by atoms with E-state index in [1.54, 1.807) is 0 Å². The van der Waals surface area contributed by atoms with Crippen molar-refractivity contribution in [3.63, 3.8) is 0 Å². The van der Waals surface area contributed by atoms with E-state index in [0.717, 1.165) is 0 Å². The average molecular weight is 864 g/mol. The van der Waals surface area contributed by atoms with Crippen LogP contribution in [0.2, 0.25) is 0 Å². The molecule has 322 valence electrons. The Hall–Kier alpha value is -6.04. The molecule has 12 rings (SSSR count). The summed E-state index contributed by atoms with van der Waals surface area (Å²) in [5.74, 6) is 0. The highest BCUT2D eigenvalue weighted by Crippen LogP contribution is 2.50. The average Bonchev–Trinajstić information content (AvgIpc) is 3.92. The van der Waals surface area contributed by atoms with E-state index in [0.29, 0.717) is 0 Å². The lowest BCUT2D eigenvalue weighted by molar-refractivity contribution is 0.590. The minimum absolute atomic E-state index is 0.0166. The highest BCUT2D eigenvalue weighted by Gasteiger charge is 2.45. The van der Waals surface area contributed by atoms with Crippen molar-refractivity contribution in [1.29, 1.82) is 0 Å². The van der Waals surface area contributed by atoms with E-state index in [2.05, 4.69) is 231 Å². The first-order chi connectivity index (χ1) is 30.8. The minimum Gasteiger partial charge on any atom is -0.310 e. The summed E-state index contributed by atoms with van der Waals surface area (Å²) in [7, 11) is 0. The van der Waals surface area contributed by atoms with Gasteiger partial charge in [0.1, 0.15) is 0 Å². The number of aromatic nitrogens is 2. The molecule has 0 N–H and O–H groups in total. The maximum atomic E-state index is 2.70. The Morgan fingerprint density at radius 1 is 0.446 bits per heavy atom. The second kappa shape index (κ2) is 13.3. The molecule has 10 aromatic rings. The molecule has 0 spiro atoms. The summed E-state index contributed by atoms with van der Waals surface area (Å²) in [6.07, 6.45) is 0. The molecule has 5 heterocycles. The summed E-state index contributed by atoms with van der Waals surface area (Å²) >= 11 is 2.00. The fraction of sp³-hybridized carbons (Fsp3) is 0.267. The van der Waals surface area contributed by atoms with Gasteiger partial charge >= 0.3 is 0 Å². The van der Waals surface area contributed by atoms with Crippen molar-refractivity contribution in [2.75, 3.05) is 4.90 Å². The van der Waals surface area contributed by atoms with Gasteiger partial charge < -0.3 is 14.0 Å². The van der Waals surface area contributed by atoms with Gasteiger partial charge in [-0.15, -0.1) is 11.3 Å². The number of thiophene rings is 1. The van der Waals surface area contributed by atoms with Gasteiger partial charge in [0.25, 0.3) is 6.71 Å². The summed E-state index contributed by atoms with van der Waals surface area (Å²) in [4.78, 5) is 2.62. The van der Waals surface area contributed by atoms with Gasteiger partial charge in [-0.2, -0.15) is 0 Å². The van der Waals surface area contributed by atoms with E-state index in [1.165, 1.54) is 120 Å². The summed E-state index contributed by atoms with van der Waals surface area (Å²) in [6.45, 7) is 28.3. The number of nitrogens with zero attached hydrogens (tertiary/aromatic N) is 3.